The molecule has 5 rings (SSSR count). The third-order valence-electron chi connectivity index (χ3n) is 5.66. The van der Waals surface area contributed by atoms with Gasteiger partial charge in [0.05, 0.1) is 5.69 Å². The number of para-hydroxylation sites is 1. The molecule has 0 aliphatic carbocycles. The number of carbonyl (C=O) groups excluding carboxylic acids is 2. The first kappa shape index (κ1) is 20.4. The van der Waals surface area contributed by atoms with Crippen LogP contribution in [0.4, 0.5) is 5.69 Å². The van der Waals surface area contributed by atoms with Crippen molar-refractivity contribution in [1.29, 1.82) is 0 Å². The molecule has 0 atom stereocenters. The van der Waals surface area contributed by atoms with E-state index in [2.05, 4.69) is 36.4 Å². The molecule has 4 aromatic carbocycles. The van der Waals surface area contributed by atoms with Crippen LogP contribution >= 0.6 is 0 Å². The molecular weight excluding hydrogens is 406 g/mol. The quantitative estimate of drug-likeness (QED) is 0.284. The van der Waals surface area contributed by atoms with Gasteiger partial charge in [0.2, 0.25) is 0 Å². The Kier molecular flexibility index (Phi) is 5.52. The first-order valence-electron chi connectivity index (χ1n) is 10.8. The Balaban J connectivity index is 1.88. The molecule has 0 bridgehead atoms. The molecule has 4 aromatic rings. The molecule has 0 saturated heterocycles. The Morgan fingerprint density at radius 3 is 1.33 bits per heavy atom. The summed E-state index contributed by atoms with van der Waals surface area (Å²) < 4.78 is 0. The molecule has 0 fully saturated rings. The van der Waals surface area contributed by atoms with Crippen LogP contribution in [0.3, 0.4) is 0 Å². The molecule has 1 aliphatic heterocycles. The van der Waals surface area contributed by atoms with Crippen LogP contribution in [-0.2, 0) is 9.59 Å². The average molecular weight is 428 g/mol. The molecule has 158 valence electrons. The van der Waals surface area contributed by atoms with Gasteiger partial charge in [0, 0.05) is 17.7 Å². The number of anilines is 1. The first-order chi connectivity index (χ1) is 16.2. The highest BCUT2D eigenvalue weighted by atomic mass is 16.2. The molecule has 1 heterocycles. The number of hydrogen-bond donors (Lipinski definition) is 0. The van der Waals surface area contributed by atoms with Gasteiger partial charge in [-0.2, -0.15) is 0 Å². The molecule has 3 nitrogen and oxygen atoms in total. The highest BCUT2D eigenvalue weighted by Crippen LogP contribution is 2.40. The summed E-state index contributed by atoms with van der Waals surface area (Å²) in [6, 6.07) is 38.1. The molecular formula is C30H21NO2. The maximum absolute atomic E-state index is 12.6. The summed E-state index contributed by atoms with van der Waals surface area (Å²) >= 11 is 0. The van der Waals surface area contributed by atoms with Crippen molar-refractivity contribution in [3.8, 4) is 0 Å². The van der Waals surface area contributed by atoms with Gasteiger partial charge in [0.25, 0.3) is 11.8 Å². The minimum absolute atomic E-state index is 0.333. The van der Waals surface area contributed by atoms with Crippen LogP contribution in [0.5, 0.6) is 0 Å². The number of rotatable bonds is 5. The van der Waals surface area contributed by atoms with E-state index in [1.165, 1.54) is 17.1 Å². The van der Waals surface area contributed by atoms with E-state index < -0.39 is 0 Å². The van der Waals surface area contributed by atoms with E-state index in [1.54, 1.807) is 0 Å². The van der Waals surface area contributed by atoms with Crippen molar-refractivity contribution in [3.63, 3.8) is 0 Å². The monoisotopic (exact) mass is 427 g/mol. The van der Waals surface area contributed by atoms with Gasteiger partial charge in [-0.15, -0.1) is 0 Å². The SMILES string of the molecule is O=C1C=CC(=O)N1c1ccccc1C(=C(c1ccccc1)c1ccccc1)c1ccccc1. The topological polar surface area (TPSA) is 37.4 Å². The summed E-state index contributed by atoms with van der Waals surface area (Å²) in [5.41, 5.74) is 6.47. The number of amides is 2. The fourth-order valence-corrected chi connectivity index (χ4v) is 4.22. The van der Waals surface area contributed by atoms with Crippen molar-refractivity contribution in [2.45, 2.75) is 0 Å². The third kappa shape index (κ3) is 3.92. The van der Waals surface area contributed by atoms with Gasteiger partial charge in [-0.3, -0.25) is 9.59 Å². The predicted molar refractivity (Wildman–Crippen MR) is 132 cm³/mol. The lowest BCUT2D eigenvalue weighted by Crippen LogP contribution is -2.30. The summed E-state index contributed by atoms with van der Waals surface area (Å²) in [6.07, 6.45) is 2.64. The molecule has 3 heteroatoms. The van der Waals surface area contributed by atoms with E-state index >= 15 is 0 Å². The minimum Gasteiger partial charge on any atom is -0.269 e. The molecule has 2 amide bonds. The molecule has 0 N–H and O–H groups in total. The molecule has 0 aromatic heterocycles. The maximum Gasteiger partial charge on any atom is 0.258 e. The average Bonchev–Trinajstić information content (AvgIpc) is 3.21. The minimum atomic E-state index is -0.333. The second-order valence-corrected chi connectivity index (χ2v) is 7.71. The van der Waals surface area contributed by atoms with Crippen LogP contribution < -0.4 is 4.90 Å². The normalized spacial score (nSPS) is 12.8. The molecule has 0 saturated carbocycles. The zero-order chi connectivity index (χ0) is 22.6. The van der Waals surface area contributed by atoms with Crippen molar-refractivity contribution in [3.05, 3.63) is 150 Å². The van der Waals surface area contributed by atoms with Crippen molar-refractivity contribution >= 4 is 28.6 Å². The fourth-order valence-electron chi connectivity index (χ4n) is 4.22. The highest BCUT2D eigenvalue weighted by molar-refractivity contribution is 6.29. The fraction of sp³-hybridized carbons (Fsp3) is 0. The van der Waals surface area contributed by atoms with Gasteiger partial charge >= 0.3 is 0 Å². The zero-order valence-electron chi connectivity index (χ0n) is 17.9. The summed E-state index contributed by atoms with van der Waals surface area (Å²) in [5, 5.41) is 0. The van der Waals surface area contributed by atoms with Gasteiger partial charge in [-0.25, -0.2) is 4.90 Å². The Morgan fingerprint density at radius 2 is 0.848 bits per heavy atom. The zero-order valence-corrected chi connectivity index (χ0v) is 17.9. The van der Waals surface area contributed by atoms with E-state index in [0.29, 0.717) is 5.69 Å². The van der Waals surface area contributed by atoms with Crippen molar-refractivity contribution < 1.29 is 9.59 Å². The van der Waals surface area contributed by atoms with Crippen molar-refractivity contribution in [2.75, 3.05) is 4.90 Å². The Morgan fingerprint density at radius 1 is 0.455 bits per heavy atom. The van der Waals surface area contributed by atoms with Crippen LogP contribution in [0.25, 0.3) is 11.1 Å². The molecule has 33 heavy (non-hydrogen) atoms. The number of carbonyl (C=O) groups is 2. The molecule has 1 aliphatic rings. The largest absolute Gasteiger partial charge is 0.269 e. The van der Waals surface area contributed by atoms with Gasteiger partial charge in [0.1, 0.15) is 0 Å². The van der Waals surface area contributed by atoms with Gasteiger partial charge in [-0.05, 0) is 33.9 Å². The number of imide groups is 1. The standard InChI is InChI=1S/C30H21NO2/c32-27-20-21-28(33)31(27)26-19-11-10-18-25(26)30(24-16-8-3-9-17-24)29(22-12-4-1-5-13-22)23-14-6-2-7-15-23/h1-21H. The van der Waals surface area contributed by atoms with Crippen LogP contribution in [0.1, 0.15) is 22.3 Å². The van der Waals surface area contributed by atoms with Crippen LogP contribution in [0.15, 0.2) is 127 Å². The van der Waals surface area contributed by atoms with Crippen LogP contribution in [0.2, 0.25) is 0 Å². The van der Waals surface area contributed by atoms with E-state index in [0.717, 1.165) is 33.4 Å². The maximum atomic E-state index is 12.6. The van der Waals surface area contributed by atoms with Gasteiger partial charge < -0.3 is 0 Å². The summed E-state index contributed by atoms with van der Waals surface area (Å²) in [6.45, 7) is 0. The number of nitrogens with zero attached hydrogens (tertiary/aromatic N) is 1. The molecule has 0 radical (unpaired) electrons. The molecule has 0 spiro atoms. The van der Waals surface area contributed by atoms with Gasteiger partial charge in [0.15, 0.2) is 0 Å². The van der Waals surface area contributed by atoms with Crippen LogP contribution in [-0.4, -0.2) is 11.8 Å². The number of benzene rings is 4. The van der Waals surface area contributed by atoms with E-state index in [-0.39, 0.29) is 11.8 Å². The van der Waals surface area contributed by atoms with Gasteiger partial charge in [-0.1, -0.05) is 109 Å². The second-order valence-electron chi connectivity index (χ2n) is 7.71. The Bertz CT molecular complexity index is 1310. The number of hydrogen-bond acceptors (Lipinski definition) is 2. The van der Waals surface area contributed by atoms with E-state index in [9.17, 15) is 9.59 Å². The third-order valence-corrected chi connectivity index (χ3v) is 5.66. The Labute approximate surface area is 192 Å². The molecule has 0 unspecified atom stereocenters. The summed E-state index contributed by atoms with van der Waals surface area (Å²) in [7, 11) is 0. The van der Waals surface area contributed by atoms with Crippen LogP contribution in [0, 0.1) is 0 Å². The van der Waals surface area contributed by atoms with E-state index in [1.807, 2.05) is 78.9 Å². The smallest absolute Gasteiger partial charge is 0.258 e. The van der Waals surface area contributed by atoms with E-state index in [4.69, 9.17) is 0 Å². The summed E-state index contributed by atoms with van der Waals surface area (Å²) in [5.74, 6) is -0.665. The lowest BCUT2D eigenvalue weighted by atomic mass is 9.85. The summed E-state index contributed by atoms with van der Waals surface area (Å²) in [4.78, 5) is 26.5. The van der Waals surface area contributed by atoms with Crippen molar-refractivity contribution in [1.82, 2.24) is 0 Å². The lowest BCUT2D eigenvalue weighted by molar-refractivity contribution is -0.119. The predicted octanol–water partition coefficient (Wildman–Crippen LogP) is 6.12. The second kappa shape index (κ2) is 8.93. The first-order valence-corrected chi connectivity index (χ1v) is 10.8. The highest BCUT2D eigenvalue weighted by Gasteiger charge is 2.29. The van der Waals surface area contributed by atoms with Crippen molar-refractivity contribution in [2.24, 2.45) is 0 Å². The lowest BCUT2D eigenvalue weighted by Gasteiger charge is -2.23. The Hall–Kier alpha value is -4.50.